The number of piperidine rings is 1. The second-order valence-electron chi connectivity index (χ2n) is 7.05. The molecule has 1 aliphatic heterocycles. The number of nitrogens with one attached hydrogen (secondary N) is 1. The number of amides is 1. The first kappa shape index (κ1) is 17.6. The first-order chi connectivity index (χ1) is 10.2. The Morgan fingerprint density at radius 2 is 2.09 bits per heavy atom. The van der Waals surface area contributed by atoms with Gasteiger partial charge in [-0.05, 0) is 57.9 Å². The summed E-state index contributed by atoms with van der Waals surface area (Å²) >= 11 is 12.2. The van der Waals surface area contributed by atoms with Crippen LogP contribution in [0.5, 0.6) is 0 Å². The maximum Gasteiger partial charge on any atom is 0.224 e. The second kappa shape index (κ2) is 7.20. The van der Waals surface area contributed by atoms with E-state index in [1.807, 2.05) is 32.9 Å². The van der Waals surface area contributed by atoms with Crippen LogP contribution in [0.4, 0.5) is 0 Å². The summed E-state index contributed by atoms with van der Waals surface area (Å²) in [4.78, 5) is 14.6. The number of carbonyl (C=O) groups excluding carboxylic acids is 1. The Bertz CT molecular complexity index is 540. The number of carbonyl (C=O) groups is 1. The van der Waals surface area contributed by atoms with Crippen molar-refractivity contribution in [3.05, 3.63) is 33.8 Å². The van der Waals surface area contributed by atoms with Crippen LogP contribution in [0.3, 0.4) is 0 Å². The van der Waals surface area contributed by atoms with Crippen molar-refractivity contribution in [1.82, 2.24) is 10.2 Å². The highest BCUT2D eigenvalue weighted by Gasteiger charge is 2.28. The topological polar surface area (TPSA) is 32.3 Å². The largest absolute Gasteiger partial charge is 0.351 e. The number of hydrogen-bond acceptors (Lipinski definition) is 2. The van der Waals surface area contributed by atoms with Crippen LogP contribution in [0.2, 0.25) is 10.0 Å². The summed E-state index contributed by atoms with van der Waals surface area (Å²) in [6.07, 6.45) is 1.99. The number of benzene rings is 1. The van der Waals surface area contributed by atoms with Gasteiger partial charge in [0.25, 0.3) is 0 Å². The third kappa shape index (κ3) is 5.15. The summed E-state index contributed by atoms with van der Waals surface area (Å²) in [5.41, 5.74) is 0.877. The molecule has 1 aromatic rings. The molecule has 0 saturated carbocycles. The van der Waals surface area contributed by atoms with Crippen molar-refractivity contribution < 1.29 is 4.79 Å². The Balaban J connectivity index is 1.97. The molecule has 122 valence electrons. The molecule has 3 nitrogen and oxygen atoms in total. The van der Waals surface area contributed by atoms with Crippen molar-refractivity contribution in [2.24, 2.45) is 5.92 Å². The lowest BCUT2D eigenvalue weighted by Crippen LogP contribution is -2.48. The molecule has 1 N–H and O–H groups in total. The average molecular weight is 343 g/mol. The first-order valence-corrected chi connectivity index (χ1v) is 8.48. The molecule has 5 heteroatoms. The van der Waals surface area contributed by atoms with Gasteiger partial charge in [0.2, 0.25) is 5.91 Å². The zero-order valence-corrected chi connectivity index (χ0v) is 15.0. The number of nitrogens with zero attached hydrogens (tertiary/aromatic N) is 1. The lowest BCUT2D eigenvalue weighted by molar-refractivity contribution is -0.128. The summed E-state index contributed by atoms with van der Waals surface area (Å²) in [6, 6.07) is 5.59. The van der Waals surface area contributed by atoms with Crippen LogP contribution in [-0.4, -0.2) is 29.4 Å². The van der Waals surface area contributed by atoms with Gasteiger partial charge in [0.05, 0.1) is 5.92 Å². The molecule has 1 atom stereocenters. The monoisotopic (exact) mass is 342 g/mol. The number of rotatable bonds is 3. The Kier molecular flexibility index (Phi) is 5.76. The van der Waals surface area contributed by atoms with Crippen LogP contribution in [-0.2, 0) is 11.3 Å². The van der Waals surface area contributed by atoms with E-state index in [1.165, 1.54) is 0 Å². The highest BCUT2D eigenvalue weighted by Crippen LogP contribution is 2.25. The Morgan fingerprint density at radius 1 is 1.36 bits per heavy atom. The fraction of sp³-hybridized carbons (Fsp3) is 0.588. The summed E-state index contributed by atoms with van der Waals surface area (Å²) in [6.45, 7) is 8.57. The van der Waals surface area contributed by atoms with Gasteiger partial charge in [-0.2, -0.15) is 0 Å². The van der Waals surface area contributed by atoms with Crippen LogP contribution < -0.4 is 5.32 Å². The minimum atomic E-state index is -0.182. The molecule has 1 heterocycles. The predicted molar refractivity (Wildman–Crippen MR) is 92.4 cm³/mol. The van der Waals surface area contributed by atoms with Crippen molar-refractivity contribution in [2.45, 2.75) is 45.7 Å². The molecule has 2 rings (SSSR count). The normalized spacial score (nSPS) is 20.0. The molecule has 1 fully saturated rings. The third-order valence-corrected chi connectivity index (χ3v) is 4.37. The summed E-state index contributed by atoms with van der Waals surface area (Å²) in [7, 11) is 0. The molecule has 22 heavy (non-hydrogen) atoms. The van der Waals surface area contributed by atoms with Gasteiger partial charge in [-0.1, -0.05) is 29.3 Å². The SMILES string of the molecule is CC(C)(C)NC(=O)C1CCCN(Cc2ccc(Cl)cc2Cl)C1. The molecule has 1 amide bonds. The van der Waals surface area contributed by atoms with Crippen LogP contribution in [0.15, 0.2) is 18.2 Å². The van der Waals surface area contributed by atoms with E-state index >= 15 is 0 Å². The molecule has 0 bridgehead atoms. The molecular weight excluding hydrogens is 319 g/mol. The van der Waals surface area contributed by atoms with Crippen molar-refractivity contribution in [1.29, 1.82) is 0 Å². The molecule has 0 aliphatic carbocycles. The van der Waals surface area contributed by atoms with Crippen molar-refractivity contribution in [3.63, 3.8) is 0 Å². The van der Waals surface area contributed by atoms with E-state index in [2.05, 4.69) is 10.2 Å². The van der Waals surface area contributed by atoms with Crippen LogP contribution in [0.1, 0.15) is 39.2 Å². The Hall–Kier alpha value is -0.770. The van der Waals surface area contributed by atoms with Crippen molar-refractivity contribution in [2.75, 3.05) is 13.1 Å². The van der Waals surface area contributed by atoms with E-state index < -0.39 is 0 Å². The van der Waals surface area contributed by atoms with Gasteiger partial charge >= 0.3 is 0 Å². The van der Waals surface area contributed by atoms with E-state index in [0.29, 0.717) is 10.0 Å². The Morgan fingerprint density at radius 3 is 2.73 bits per heavy atom. The fourth-order valence-corrected chi connectivity index (χ4v) is 3.24. The van der Waals surface area contributed by atoms with E-state index in [0.717, 1.165) is 38.0 Å². The van der Waals surface area contributed by atoms with Crippen molar-refractivity contribution >= 4 is 29.1 Å². The van der Waals surface area contributed by atoms with E-state index in [1.54, 1.807) is 6.07 Å². The molecular formula is C17H24Cl2N2O. The van der Waals surface area contributed by atoms with Crippen molar-refractivity contribution in [3.8, 4) is 0 Å². The highest BCUT2D eigenvalue weighted by molar-refractivity contribution is 6.35. The summed E-state index contributed by atoms with van der Waals surface area (Å²) in [5, 5.41) is 4.42. The second-order valence-corrected chi connectivity index (χ2v) is 7.89. The zero-order chi connectivity index (χ0) is 16.3. The highest BCUT2D eigenvalue weighted by atomic mass is 35.5. The number of likely N-dealkylation sites (tertiary alicyclic amines) is 1. The van der Waals surface area contributed by atoms with Gasteiger partial charge in [-0.15, -0.1) is 0 Å². The minimum Gasteiger partial charge on any atom is -0.351 e. The summed E-state index contributed by atoms with van der Waals surface area (Å²) < 4.78 is 0. The van der Waals surface area contributed by atoms with E-state index in [9.17, 15) is 4.79 Å². The fourth-order valence-electron chi connectivity index (χ4n) is 2.78. The van der Waals surface area contributed by atoms with Gasteiger partial charge in [0.1, 0.15) is 0 Å². The zero-order valence-electron chi connectivity index (χ0n) is 13.5. The van der Waals surface area contributed by atoms with Gasteiger partial charge in [-0.25, -0.2) is 0 Å². The Labute approximate surface area is 143 Å². The van der Waals surface area contributed by atoms with Gasteiger partial charge in [0, 0.05) is 28.7 Å². The molecule has 1 aliphatic rings. The predicted octanol–water partition coefficient (Wildman–Crippen LogP) is 4.12. The quantitative estimate of drug-likeness (QED) is 0.895. The molecule has 0 spiro atoms. The lowest BCUT2D eigenvalue weighted by Gasteiger charge is -2.34. The summed E-state index contributed by atoms with van der Waals surface area (Å²) in [5.74, 6) is 0.207. The average Bonchev–Trinajstić information content (AvgIpc) is 2.40. The van der Waals surface area contributed by atoms with E-state index in [-0.39, 0.29) is 17.4 Å². The lowest BCUT2D eigenvalue weighted by atomic mass is 9.95. The van der Waals surface area contributed by atoms with Crippen LogP contribution in [0, 0.1) is 5.92 Å². The molecule has 0 aromatic heterocycles. The minimum absolute atomic E-state index is 0.0547. The number of halogens is 2. The smallest absolute Gasteiger partial charge is 0.224 e. The molecule has 1 unspecified atom stereocenters. The maximum atomic E-state index is 12.3. The molecule has 1 saturated heterocycles. The first-order valence-electron chi connectivity index (χ1n) is 7.73. The third-order valence-electron chi connectivity index (χ3n) is 3.78. The van der Waals surface area contributed by atoms with Gasteiger partial charge in [0.15, 0.2) is 0 Å². The van der Waals surface area contributed by atoms with E-state index in [4.69, 9.17) is 23.2 Å². The van der Waals surface area contributed by atoms with Crippen LogP contribution in [0.25, 0.3) is 0 Å². The molecule has 0 radical (unpaired) electrons. The van der Waals surface area contributed by atoms with Crippen LogP contribution >= 0.6 is 23.2 Å². The standard InChI is InChI=1S/C17H24Cl2N2O/c1-17(2,3)20-16(22)13-5-4-8-21(11-13)10-12-6-7-14(18)9-15(12)19/h6-7,9,13H,4-5,8,10-11H2,1-3H3,(H,20,22). The van der Waals surface area contributed by atoms with Gasteiger partial charge < -0.3 is 5.32 Å². The maximum absolute atomic E-state index is 12.3. The molecule has 1 aromatic carbocycles. The number of hydrogen-bond donors (Lipinski definition) is 1. The van der Waals surface area contributed by atoms with Gasteiger partial charge in [-0.3, -0.25) is 9.69 Å².